The maximum absolute atomic E-state index is 13.9. The fourth-order valence-electron chi connectivity index (χ4n) is 4.21. The average molecular weight is 592 g/mol. The Morgan fingerprint density at radius 1 is 0.881 bits per heavy atom. The van der Waals surface area contributed by atoms with Crippen LogP contribution < -0.4 is 5.32 Å². The zero-order valence-electron chi connectivity index (χ0n) is 25.5. The van der Waals surface area contributed by atoms with Gasteiger partial charge in [-0.1, -0.05) is 12.1 Å². The average Bonchev–Trinajstić information content (AvgIpc) is 2.88. The highest BCUT2D eigenvalue weighted by atomic mass is 16.6. The maximum atomic E-state index is 13.9. The summed E-state index contributed by atoms with van der Waals surface area (Å²) in [5.74, 6) is -3.18. The number of carbonyl (C=O) groups excluding carboxylic acids is 6. The van der Waals surface area contributed by atoms with Crippen molar-refractivity contribution in [1.82, 2.24) is 15.1 Å². The summed E-state index contributed by atoms with van der Waals surface area (Å²) in [7, 11) is 2.42. The molecule has 13 nitrogen and oxygen atoms in total. The highest BCUT2D eigenvalue weighted by Gasteiger charge is 2.42. The molecule has 0 radical (unpaired) electrons. The third kappa shape index (κ3) is 10.3. The maximum Gasteiger partial charge on any atom is 0.408 e. The summed E-state index contributed by atoms with van der Waals surface area (Å²) in [5, 5.41) is 2.58. The zero-order chi connectivity index (χ0) is 31.8. The molecule has 1 aliphatic heterocycles. The second kappa shape index (κ2) is 14.1. The van der Waals surface area contributed by atoms with Gasteiger partial charge in [-0.2, -0.15) is 0 Å². The number of benzene rings is 1. The van der Waals surface area contributed by atoms with Crippen molar-refractivity contribution >= 4 is 35.8 Å². The van der Waals surface area contributed by atoms with Gasteiger partial charge in [0.25, 0.3) is 0 Å². The first-order valence-electron chi connectivity index (χ1n) is 13.5. The Bertz CT molecular complexity index is 1170. The van der Waals surface area contributed by atoms with Gasteiger partial charge in [0, 0.05) is 19.5 Å². The molecule has 1 aromatic rings. The third-order valence-electron chi connectivity index (χ3n) is 6.00. The minimum Gasteiger partial charge on any atom is -0.469 e. The van der Waals surface area contributed by atoms with E-state index in [1.807, 2.05) is 0 Å². The SMILES string of the molecule is COC(=O)C[C@H]1C(=O)N(CC(=O)OC(C)(C)C)CCN1C(=O)[C@H](Cc1ccc(C(=O)OC)cc1)NC(=O)OC(C)(C)C. The zero-order valence-corrected chi connectivity index (χ0v) is 25.5. The lowest BCUT2D eigenvalue weighted by Crippen LogP contribution is -2.63. The van der Waals surface area contributed by atoms with Crippen LogP contribution in [0.25, 0.3) is 0 Å². The van der Waals surface area contributed by atoms with Crippen LogP contribution in [0.15, 0.2) is 24.3 Å². The molecule has 1 heterocycles. The van der Waals surface area contributed by atoms with E-state index in [0.717, 1.165) is 7.11 Å². The lowest BCUT2D eigenvalue weighted by atomic mass is 10.0. The number of ether oxygens (including phenoxy) is 4. The number of rotatable bonds is 9. The Labute approximate surface area is 245 Å². The Kier molecular flexibility index (Phi) is 11.5. The van der Waals surface area contributed by atoms with E-state index in [1.165, 1.54) is 29.0 Å². The lowest BCUT2D eigenvalue weighted by Gasteiger charge is -2.41. The fraction of sp³-hybridized carbons (Fsp3) is 0.586. The molecule has 13 heteroatoms. The molecule has 0 unspecified atom stereocenters. The van der Waals surface area contributed by atoms with Crippen LogP contribution in [0.1, 0.15) is 63.9 Å². The predicted octanol–water partition coefficient (Wildman–Crippen LogP) is 1.85. The molecule has 1 aromatic carbocycles. The molecule has 1 fully saturated rings. The van der Waals surface area contributed by atoms with Crippen molar-refractivity contribution < 1.29 is 47.7 Å². The predicted molar refractivity (Wildman–Crippen MR) is 149 cm³/mol. The molecule has 0 aromatic heterocycles. The molecule has 0 aliphatic carbocycles. The first-order chi connectivity index (χ1) is 19.4. The molecule has 0 bridgehead atoms. The van der Waals surface area contributed by atoms with Gasteiger partial charge in [0.05, 0.1) is 26.2 Å². The number of hydrogen-bond acceptors (Lipinski definition) is 10. The molecule has 1 aliphatic rings. The monoisotopic (exact) mass is 591 g/mol. The van der Waals surface area contributed by atoms with Gasteiger partial charge in [-0.05, 0) is 59.2 Å². The van der Waals surface area contributed by atoms with Gasteiger partial charge < -0.3 is 34.1 Å². The Balaban J connectivity index is 2.36. The molecule has 1 N–H and O–H groups in total. The summed E-state index contributed by atoms with van der Waals surface area (Å²) in [5.41, 5.74) is -0.722. The van der Waals surface area contributed by atoms with Crippen LogP contribution in [-0.2, 0) is 44.5 Å². The van der Waals surface area contributed by atoms with Crippen LogP contribution in [0.4, 0.5) is 4.79 Å². The van der Waals surface area contributed by atoms with E-state index in [9.17, 15) is 28.8 Å². The van der Waals surface area contributed by atoms with Crippen molar-refractivity contribution in [3.8, 4) is 0 Å². The number of carbonyl (C=O) groups is 6. The summed E-state index contributed by atoms with van der Waals surface area (Å²) in [4.78, 5) is 79.1. The van der Waals surface area contributed by atoms with Crippen LogP contribution >= 0.6 is 0 Å². The van der Waals surface area contributed by atoms with Crippen molar-refractivity contribution in [3.05, 3.63) is 35.4 Å². The molecule has 42 heavy (non-hydrogen) atoms. The van der Waals surface area contributed by atoms with E-state index in [0.29, 0.717) is 11.1 Å². The molecule has 1 saturated heterocycles. The number of piperazine rings is 1. The topological polar surface area (TPSA) is 158 Å². The Hall–Kier alpha value is -4.16. The molecule has 2 rings (SSSR count). The highest BCUT2D eigenvalue weighted by Crippen LogP contribution is 2.20. The van der Waals surface area contributed by atoms with E-state index in [-0.39, 0.29) is 26.1 Å². The number of nitrogens with one attached hydrogen (secondary N) is 1. The van der Waals surface area contributed by atoms with Gasteiger partial charge in [0.2, 0.25) is 11.8 Å². The van der Waals surface area contributed by atoms with Gasteiger partial charge in [-0.15, -0.1) is 0 Å². The number of methoxy groups -OCH3 is 2. The number of nitrogens with zero attached hydrogens (tertiary/aromatic N) is 2. The summed E-state index contributed by atoms with van der Waals surface area (Å²) in [6.07, 6.45) is -1.33. The number of amides is 3. The van der Waals surface area contributed by atoms with Crippen LogP contribution in [-0.4, -0.2) is 103 Å². The van der Waals surface area contributed by atoms with Crippen molar-refractivity contribution in [2.45, 2.75) is 77.7 Å². The standard InChI is InChI=1S/C29H41N3O10/c1-28(2,3)41-23(34)17-31-13-14-32(21(25(31)36)16-22(33)39-7)24(35)20(30-27(38)42-29(4,5)6)15-18-9-11-19(12-10-18)26(37)40-8/h9-12,20-21H,13-17H2,1-8H3,(H,30,38)/t20-,21-/m0/s1. The number of esters is 3. The number of hydrogen-bond donors (Lipinski definition) is 1. The van der Waals surface area contributed by atoms with Crippen LogP contribution in [0.3, 0.4) is 0 Å². The Morgan fingerprint density at radius 2 is 1.48 bits per heavy atom. The summed E-state index contributed by atoms with van der Waals surface area (Å²) in [6.45, 7) is 9.72. The smallest absolute Gasteiger partial charge is 0.408 e. The van der Waals surface area contributed by atoms with Gasteiger partial charge in [-0.25, -0.2) is 9.59 Å². The summed E-state index contributed by atoms with van der Waals surface area (Å²) in [6, 6.07) is 3.78. The first-order valence-corrected chi connectivity index (χ1v) is 13.5. The van der Waals surface area contributed by atoms with E-state index < -0.39 is 65.5 Å². The largest absolute Gasteiger partial charge is 0.469 e. The van der Waals surface area contributed by atoms with Crippen molar-refractivity contribution in [2.24, 2.45) is 0 Å². The van der Waals surface area contributed by atoms with E-state index in [2.05, 4.69) is 5.32 Å². The van der Waals surface area contributed by atoms with Gasteiger partial charge in [0.1, 0.15) is 29.8 Å². The lowest BCUT2D eigenvalue weighted by molar-refractivity contribution is -0.164. The molecular weight excluding hydrogens is 550 g/mol. The van der Waals surface area contributed by atoms with Gasteiger partial charge in [-0.3, -0.25) is 19.2 Å². The van der Waals surface area contributed by atoms with Gasteiger partial charge in [0.15, 0.2) is 0 Å². The highest BCUT2D eigenvalue weighted by molar-refractivity contribution is 5.95. The third-order valence-corrected chi connectivity index (χ3v) is 6.00. The summed E-state index contributed by atoms with van der Waals surface area (Å²) >= 11 is 0. The van der Waals surface area contributed by atoms with E-state index >= 15 is 0 Å². The minimum atomic E-state index is -1.29. The molecule has 3 amide bonds. The number of alkyl carbamates (subject to hydrolysis) is 1. The fourth-order valence-corrected chi connectivity index (χ4v) is 4.21. The Morgan fingerprint density at radius 3 is 2.00 bits per heavy atom. The van der Waals surface area contributed by atoms with Gasteiger partial charge >= 0.3 is 24.0 Å². The van der Waals surface area contributed by atoms with E-state index in [4.69, 9.17) is 18.9 Å². The second-order valence-electron chi connectivity index (χ2n) is 11.8. The van der Waals surface area contributed by atoms with Crippen LogP contribution in [0.2, 0.25) is 0 Å². The molecule has 232 valence electrons. The normalized spacial score (nSPS) is 16.3. The molecule has 0 spiro atoms. The van der Waals surface area contributed by atoms with E-state index in [1.54, 1.807) is 53.7 Å². The van der Waals surface area contributed by atoms with Crippen LogP contribution in [0, 0.1) is 0 Å². The second-order valence-corrected chi connectivity index (χ2v) is 11.8. The molecule has 0 saturated carbocycles. The molecular formula is C29H41N3O10. The minimum absolute atomic E-state index is 0.00548. The summed E-state index contributed by atoms with van der Waals surface area (Å²) < 4.78 is 20.2. The van der Waals surface area contributed by atoms with Crippen LogP contribution in [0.5, 0.6) is 0 Å². The quantitative estimate of drug-likeness (QED) is 0.332. The molecule has 2 atom stereocenters. The van der Waals surface area contributed by atoms with Crippen molar-refractivity contribution in [3.63, 3.8) is 0 Å². The van der Waals surface area contributed by atoms with Crippen molar-refractivity contribution in [2.75, 3.05) is 33.9 Å². The van der Waals surface area contributed by atoms with Crippen molar-refractivity contribution in [1.29, 1.82) is 0 Å². The first kappa shape index (κ1) is 34.0.